The molecule has 1 unspecified atom stereocenters. The Labute approximate surface area is 151 Å². The number of carbonyl (C=O) groups is 2. The second kappa shape index (κ2) is 6.71. The minimum atomic E-state index is -0.792. The second-order valence-electron chi connectivity index (χ2n) is 6.43. The van der Waals surface area contributed by atoms with Crippen molar-refractivity contribution >= 4 is 11.9 Å². The van der Waals surface area contributed by atoms with Crippen LogP contribution >= 0.6 is 0 Å². The zero-order valence-corrected chi connectivity index (χ0v) is 14.4. The van der Waals surface area contributed by atoms with E-state index in [9.17, 15) is 9.59 Å². The molecule has 0 spiro atoms. The molecule has 0 saturated carbocycles. The topological polar surface area (TPSA) is 65.1 Å². The van der Waals surface area contributed by atoms with Gasteiger partial charge in [0, 0.05) is 20.0 Å². The Morgan fingerprint density at radius 3 is 2.73 bits per heavy atom. The highest BCUT2D eigenvalue weighted by Gasteiger charge is 2.32. The Bertz CT molecular complexity index is 863. The molecule has 26 heavy (non-hydrogen) atoms. The summed E-state index contributed by atoms with van der Waals surface area (Å²) in [7, 11) is 1.70. The molecule has 1 amide bonds. The molecule has 2 aromatic rings. The lowest BCUT2D eigenvalue weighted by atomic mass is 9.98. The highest BCUT2D eigenvalue weighted by molar-refractivity contribution is 5.95. The summed E-state index contributed by atoms with van der Waals surface area (Å²) in [6.07, 6.45) is -0.397. The van der Waals surface area contributed by atoms with E-state index in [1.807, 2.05) is 30.3 Å². The summed E-state index contributed by atoms with van der Waals surface area (Å²) in [5, 5.41) is 0. The first kappa shape index (κ1) is 16.4. The average molecular weight is 353 g/mol. The third-order valence-corrected chi connectivity index (χ3v) is 4.57. The number of carbonyl (C=O) groups excluding carboxylic acids is 2. The number of hydrogen-bond acceptors (Lipinski definition) is 5. The molecule has 0 aromatic heterocycles. The summed E-state index contributed by atoms with van der Waals surface area (Å²) >= 11 is 0. The van der Waals surface area contributed by atoms with E-state index in [0.29, 0.717) is 43.2 Å². The van der Waals surface area contributed by atoms with E-state index in [4.69, 9.17) is 14.2 Å². The molecule has 6 heteroatoms. The summed E-state index contributed by atoms with van der Waals surface area (Å²) in [6.45, 7) is 1.45. The van der Waals surface area contributed by atoms with Gasteiger partial charge < -0.3 is 19.1 Å². The van der Waals surface area contributed by atoms with Crippen molar-refractivity contribution in [3.05, 3.63) is 59.2 Å². The number of amides is 1. The van der Waals surface area contributed by atoms with Gasteiger partial charge in [-0.1, -0.05) is 24.3 Å². The molecule has 2 aromatic carbocycles. The minimum Gasteiger partial charge on any atom is -0.486 e. The summed E-state index contributed by atoms with van der Waals surface area (Å²) in [4.78, 5) is 26.4. The highest BCUT2D eigenvalue weighted by Crippen LogP contribution is 2.31. The molecule has 0 aliphatic carbocycles. The number of hydrogen-bond donors (Lipinski definition) is 0. The van der Waals surface area contributed by atoms with Crippen LogP contribution in [0.15, 0.2) is 42.5 Å². The number of benzene rings is 2. The number of ether oxygens (including phenoxy) is 3. The Morgan fingerprint density at radius 2 is 1.88 bits per heavy atom. The maximum Gasteiger partial charge on any atom is 0.339 e. The number of likely N-dealkylation sites (N-methyl/N-ethyl adjacent to an activating group) is 1. The smallest absolute Gasteiger partial charge is 0.339 e. The van der Waals surface area contributed by atoms with E-state index in [0.717, 1.165) is 11.1 Å². The lowest BCUT2D eigenvalue weighted by Gasteiger charge is -2.28. The van der Waals surface area contributed by atoms with Crippen molar-refractivity contribution < 1.29 is 23.8 Å². The van der Waals surface area contributed by atoms with Gasteiger partial charge in [0.15, 0.2) is 17.6 Å². The van der Waals surface area contributed by atoms with Crippen LogP contribution in [-0.2, 0) is 22.5 Å². The molecule has 6 nitrogen and oxygen atoms in total. The number of cyclic esters (lactones) is 1. The maximum absolute atomic E-state index is 12.7. The van der Waals surface area contributed by atoms with Gasteiger partial charge in [-0.15, -0.1) is 0 Å². The average Bonchev–Trinajstić information content (AvgIpc) is 2.67. The molecule has 0 N–H and O–H groups in total. The largest absolute Gasteiger partial charge is 0.486 e. The number of esters is 1. The predicted octanol–water partition coefficient (Wildman–Crippen LogP) is 2.20. The van der Waals surface area contributed by atoms with Crippen LogP contribution in [0.4, 0.5) is 0 Å². The second-order valence-corrected chi connectivity index (χ2v) is 6.43. The van der Waals surface area contributed by atoms with Gasteiger partial charge in [0.1, 0.15) is 13.2 Å². The van der Waals surface area contributed by atoms with Crippen LogP contribution in [0.1, 0.15) is 21.5 Å². The van der Waals surface area contributed by atoms with Gasteiger partial charge in [-0.3, -0.25) is 4.79 Å². The fourth-order valence-corrected chi connectivity index (χ4v) is 3.25. The molecule has 0 radical (unpaired) electrons. The maximum atomic E-state index is 12.7. The monoisotopic (exact) mass is 353 g/mol. The molecular weight excluding hydrogens is 334 g/mol. The Hall–Kier alpha value is -3.02. The van der Waals surface area contributed by atoms with Gasteiger partial charge in [0.2, 0.25) is 0 Å². The van der Waals surface area contributed by atoms with Gasteiger partial charge in [-0.2, -0.15) is 0 Å². The zero-order valence-electron chi connectivity index (χ0n) is 14.4. The molecule has 2 aliphatic heterocycles. The van der Waals surface area contributed by atoms with Crippen LogP contribution in [0.5, 0.6) is 11.5 Å². The summed E-state index contributed by atoms with van der Waals surface area (Å²) in [6, 6.07) is 12.8. The molecule has 134 valence electrons. The van der Waals surface area contributed by atoms with E-state index in [1.54, 1.807) is 24.1 Å². The standard InChI is InChI=1S/C20H19NO5/c1-21(12-13-6-7-16-17(10-13)25-9-8-24-16)19(22)18-11-14-4-2-3-5-15(14)20(23)26-18/h2-7,10,18H,8-9,11-12H2,1H3. The third-order valence-electron chi connectivity index (χ3n) is 4.57. The Kier molecular flexibility index (Phi) is 4.24. The lowest BCUT2D eigenvalue weighted by Crippen LogP contribution is -2.42. The highest BCUT2D eigenvalue weighted by atomic mass is 16.6. The van der Waals surface area contributed by atoms with Crippen molar-refractivity contribution in [2.45, 2.75) is 19.1 Å². The SMILES string of the molecule is CN(Cc1ccc2c(c1)OCCO2)C(=O)C1Cc2ccccc2C(=O)O1. The minimum absolute atomic E-state index is 0.220. The van der Waals surface area contributed by atoms with Gasteiger partial charge in [-0.05, 0) is 29.3 Å². The number of rotatable bonds is 3. The molecular formula is C20H19NO5. The third kappa shape index (κ3) is 3.10. The quantitative estimate of drug-likeness (QED) is 0.792. The molecule has 4 rings (SSSR count). The van der Waals surface area contributed by atoms with Crippen molar-refractivity contribution in [3.8, 4) is 11.5 Å². The molecule has 2 aliphatic rings. The van der Waals surface area contributed by atoms with Gasteiger partial charge in [-0.25, -0.2) is 4.79 Å². The first-order valence-corrected chi connectivity index (χ1v) is 8.54. The van der Waals surface area contributed by atoms with Crippen LogP contribution in [0.2, 0.25) is 0 Å². The van der Waals surface area contributed by atoms with Crippen LogP contribution in [0.3, 0.4) is 0 Å². The molecule has 0 saturated heterocycles. The fourth-order valence-electron chi connectivity index (χ4n) is 3.25. The first-order chi connectivity index (χ1) is 12.6. The van der Waals surface area contributed by atoms with Gasteiger partial charge >= 0.3 is 5.97 Å². The number of nitrogens with zero attached hydrogens (tertiary/aromatic N) is 1. The molecule has 2 heterocycles. The lowest BCUT2D eigenvalue weighted by molar-refractivity contribution is -0.140. The van der Waals surface area contributed by atoms with Gasteiger partial charge in [0.05, 0.1) is 5.56 Å². The van der Waals surface area contributed by atoms with Crippen molar-refractivity contribution in [3.63, 3.8) is 0 Å². The Balaban J connectivity index is 1.46. The van der Waals surface area contributed by atoms with Crippen LogP contribution in [-0.4, -0.2) is 43.1 Å². The van der Waals surface area contributed by atoms with Crippen LogP contribution in [0, 0.1) is 0 Å². The fraction of sp³-hybridized carbons (Fsp3) is 0.300. The predicted molar refractivity (Wildman–Crippen MR) is 93.3 cm³/mol. The van der Waals surface area contributed by atoms with E-state index >= 15 is 0 Å². The van der Waals surface area contributed by atoms with E-state index in [1.165, 1.54) is 0 Å². The van der Waals surface area contributed by atoms with Crippen molar-refractivity contribution in [1.82, 2.24) is 4.90 Å². The van der Waals surface area contributed by atoms with Crippen molar-refractivity contribution in [2.24, 2.45) is 0 Å². The first-order valence-electron chi connectivity index (χ1n) is 8.54. The van der Waals surface area contributed by atoms with E-state index in [2.05, 4.69) is 0 Å². The van der Waals surface area contributed by atoms with E-state index < -0.39 is 12.1 Å². The van der Waals surface area contributed by atoms with Crippen LogP contribution < -0.4 is 9.47 Å². The van der Waals surface area contributed by atoms with Crippen LogP contribution in [0.25, 0.3) is 0 Å². The molecule has 1 atom stereocenters. The van der Waals surface area contributed by atoms with Crippen molar-refractivity contribution in [2.75, 3.05) is 20.3 Å². The molecule has 0 bridgehead atoms. The Morgan fingerprint density at radius 1 is 1.12 bits per heavy atom. The normalized spacial score (nSPS) is 17.9. The van der Waals surface area contributed by atoms with E-state index in [-0.39, 0.29) is 5.91 Å². The summed E-state index contributed by atoms with van der Waals surface area (Å²) in [5.41, 5.74) is 2.30. The number of fused-ring (bicyclic) bond motifs is 2. The molecule has 0 fully saturated rings. The summed E-state index contributed by atoms with van der Waals surface area (Å²) < 4.78 is 16.4. The van der Waals surface area contributed by atoms with Gasteiger partial charge in [0.25, 0.3) is 5.91 Å². The summed E-state index contributed by atoms with van der Waals surface area (Å²) in [5.74, 6) is 0.736. The zero-order chi connectivity index (χ0) is 18.1. The van der Waals surface area contributed by atoms with Crippen molar-refractivity contribution in [1.29, 1.82) is 0 Å².